The van der Waals surface area contributed by atoms with Gasteiger partial charge in [0.15, 0.2) is 0 Å². The average Bonchev–Trinajstić information content (AvgIpc) is 2.82. The van der Waals surface area contributed by atoms with E-state index in [9.17, 15) is 14.7 Å². The van der Waals surface area contributed by atoms with Gasteiger partial charge < -0.3 is 10.0 Å². The number of fused-ring (bicyclic) bond motifs is 1. The Bertz CT molecular complexity index is 788. The average molecular weight is 337 g/mol. The first-order valence-electron chi connectivity index (χ1n) is 7.25. The van der Waals surface area contributed by atoms with Gasteiger partial charge in [0.25, 0.3) is 5.91 Å². The Morgan fingerprint density at radius 2 is 2.09 bits per heavy atom. The van der Waals surface area contributed by atoms with Crippen molar-refractivity contribution in [3.63, 3.8) is 0 Å². The molecule has 8 heteroatoms. The second-order valence-electron chi connectivity index (χ2n) is 5.71. The molecule has 3 rings (SSSR count). The van der Waals surface area contributed by atoms with Gasteiger partial charge in [0.1, 0.15) is 17.4 Å². The molecule has 0 spiro atoms. The van der Waals surface area contributed by atoms with Crippen molar-refractivity contribution in [3.8, 4) is 0 Å². The summed E-state index contributed by atoms with van der Waals surface area (Å²) in [6.07, 6.45) is 1.65. The number of piperazine rings is 1. The van der Waals surface area contributed by atoms with E-state index in [0.717, 1.165) is 0 Å². The topological polar surface area (TPSA) is 78.2 Å². The third-order valence-electron chi connectivity index (χ3n) is 4.18. The Balaban J connectivity index is 1.96. The van der Waals surface area contributed by atoms with E-state index in [1.165, 1.54) is 0 Å². The molecule has 2 aromatic heterocycles. The van der Waals surface area contributed by atoms with E-state index in [1.807, 2.05) is 0 Å². The second kappa shape index (κ2) is 5.82. The molecule has 1 fully saturated rings. The molecular weight excluding hydrogens is 320 g/mol. The van der Waals surface area contributed by atoms with Gasteiger partial charge in [-0.2, -0.15) is 0 Å². The number of rotatable bonds is 2. The fourth-order valence-corrected chi connectivity index (χ4v) is 3.03. The number of aliphatic carboxylic acids is 1. The van der Waals surface area contributed by atoms with Crippen molar-refractivity contribution in [1.29, 1.82) is 0 Å². The van der Waals surface area contributed by atoms with Crippen LogP contribution >= 0.6 is 11.6 Å². The summed E-state index contributed by atoms with van der Waals surface area (Å²) in [5.74, 6) is -1.15. The fourth-order valence-electron chi connectivity index (χ4n) is 2.87. The molecule has 122 valence electrons. The molecule has 0 radical (unpaired) electrons. The number of carboxylic acids is 1. The number of carboxylic acid groups (broad SMARTS) is 1. The molecule has 0 saturated carbocycles. The van der Waals surface area contributed by atoms with E-state index in [1.54, 1.807) is 46.5 Å². The van der Waals surface area contributed by atoms with E-state index >= 15 is 0 Å². The zero-order valence-corrected chi connectivity index (χ0v) is 13.6. The third-order valence-corrected chi connectivity index (χ3v) is 4.40. The first kappa shape index (κ1) is 15.8. The molecule has 0 aromatic carbocycles. The SMILES string of the molecule is Cc1nc2ccc(Cl)cn2c1C(=O)N1CCN(C)[C@H](C(=O)O)C1. The molecule has 23 heavy (non-hydrogen) atoms. The van der Waals surface area contributed by atoms with Crippen molar-refractivity contribution < 1.29 is 14.7 Å². The van der Waals surface area contributed by atoms with Gasteiger partial charge >= 0.3 is 5.97 Å². The summed E-state index contributed by atoms with van der Waals surface area (Å²) in [5.41, 5.74) is 1.67. The maximum Gasteiger partial charge on any atom is 0.322 e. The van der Waals surface area contributed by atoms with Crippen LogP contribution in [0.25, 0.3) is 5.65 Å². The molecule has 1 atom stereocenters. The van der Waals surface area contributed by atoms with Crippen LogP contribution in [0.3, 0.4) is 0 Å². The van der Waals surface area contributed by atoms with Crippen molar-refractivity contribution in [2.24, 2.45) is 0 Å². The van der Waals surface area contributed by atoms with Gasteiger partial charge in [-0.25, -0.2) is 4.98 Å². The zero-order chi connectivity index (χ0) is 16.7. The number of carbonyl (C=O) groups excluding carboxylic acids is 1. The second-order valence-corrected chi connectivity index (χ2v) is 6.14. The van der Waals surface area contributed by atoms with Gasteiger partial charge in [-0.05, 0) is 26.1 Å². The first-order valence-corrected chi connectivity index (χ1v) is 7.63. The molecule has 1 saturated heterocycles. The number of halogens is 1. The highest BCUT2D eigenvalue weighted by Crippen LogP contribution is 2.19. The molecule has 7 nitrogen and oxygen atoms in total. The Morgan fingerprint density at radius 1 is 1.35 bits per heavy atom. The number of nitrogens with zero attached hydrogens (tertiary/aromatic N) is 4. The van der Waals surface area contributed by atoms with Crippen LogP contribution in [0, 0.1) is 6.92 Å². The van der Waals surface area contributed by atoms with Crippen LogP contribution in [0.1, 0.15) is 16.2 Å². The number of carbonyl (C=O) groups is 2. The van der Waals surface area contributed by atoms with Crippen molar-refractivity contribution >= 4 is 29.1 Å². The highest BCUT2D eigenvalue weighted by Gasteiger charge is 2.33. The molecule has 0 bridgehead atoms. The van der Waals surface area contributed by atoms with E-state index in [-0.39, 0.29) is 12.5 Å². The van der Waals surface area contributed by atoms with Gasteiger partial charge in [0, 0.05) is 25.8 Å². The van der Waals surface area contributed by atoms with E-state index in [4.69, 9.17) is 11.6 Å². The molecule has 1 aliphatic heterocycles. The highest BCUT2D eigenvalue weighted by molar-refractivity contribution is 6.30. The standard InChI is InChI=1S/C15H17ClN4O3/c1-9-13(20-7-10(16)3-4-12(20)17-9)14(21)19-6-5-18(2)11(8-19)15(22)23/h3-4,7,11H,5-6,8H2,1-2H3,(H,22,23)/t11-/m0/s1. The van der Waals surface area contributed by atoms with E-state index in [0.29, 0.717) is 35.1 Å². The molecule has 2 aromatic rings. The number of aryl methyl sites for hydroxylation is 1. The number of hydrogen-bond donors (Lipinski definition) is 1. The number of likely N-dealkylation sites (N-methyl/N-ethyl adjacent to an activating group) is 1. The quantitative estimate of drug-likeness (QED) is 0.889. The number of aromatic nitrogens is 2. The largest absolute Gasteiger partial charge is 0.480 e. The summed E-state index contributed by atoms with van der Waals surface area (Å²) in [7, 11) is 1.75. The molecule has 0 aliphatic carbocycles. The van der Waals surface area contributed by atoms with E-state index in [2.05, 4.69) is 4.98 Å². The van der Waals surface area contributed by atoms with Crippen molar-refractivity contribution in [3.05, 3.63) is 34.7 Å². The van der Waals surface area contributed by atoms with Crippen molar-refractivity contribution in [2.45, 2.75) is 13.0 Å². The van der Waals surface area contributed by atoms with Crippen LogP contribution in [-0.4, -0.2) is 68.9 Å². The summed E-state index contributed by atoms with van der Waals surface area (Å²) in [6.45, 7) is 2.91. The van der Waals surface area contributed by atoms with Gasteiger partial charge in [-0.15, -0.1) is 0 Å². The zero-order valence-electron chi connectivity index (χ0n) is 12.9. The Labute approximate surface area is 138 Å². The van der Waals surface area contributed by atoms with Crippen molar-refractivity contribution in [1.82, 2.24) is 19.2 Å². The maximum absolute atomic E-state index is 12.9. The van der Waals surface area contributed by atoms with Gasteiger partial charge in [-0.3, -0.25) is 18.9 Å². The number of pyridine rings is 1. The summed E-state index contributed by atoms with van der Waals surface area (Å²) < 4.78 is 1.66. The Morgan fingerprint density at radius 3 is 2.78 bits per heavy atom. The van der Waals surface area contributed by atoms with Crippen LogP contribution in [0.4, 0.5) is 0 Å². The maximum atomic E-state index is 12.9. The molecule has 1 aliphatic rings. The summed E-state index contributed by atoms with van der Waals surface area (Å²) in [6, 6.07) is 2.76. The van der Waals surface area contributed by atoms with Crippen LogP contribution in [0.15, 0.2) is 18.3 Å². The van der Waals surface area contributed by atoms with Crippen molar-refractivity contribution in [2.75, 3.05) is 26.7 Å². The Hall–Kier alpha value is -2.12. The number of amides is 1. The van der Waals surface area contributed by atoms with Gasteiger partial charge in [0.2, 0.25) is 0 Å². The first-order chi connectivity index (χ1) is 10.9. The third kappa shape index (κ3) is 2.77. The smallest absolute Gasteiger partial charge is 0.322 e. The molecular formula is C15H17ClN4O3. The predicted octanol–water partition coefficient (Wildman–Crippen LogP) is 1.14. The highest BCUT2D eigenvalue weighted by atomic mass is 35.5. The lowest BCUT2D eigenvalue weighted by Crippen LogP contribution is -2.56. The molecule has 0 unspecified atom stereocenters. The lowest BCUT2D eigenvalue weighted by Gasteiger charge is -2.37. The van der Waals surface area contributed by atoms with Crippen LogP contribution in [0.5, 0.6) is 0 Å². The summed E-state index contributed by atoms with van der Waals surface area (Å²) in [4.78, 5) is 31.9. The molecule has 1 N–H and O–H groups in total. The fraction of sp³-hybridized carbons (Fsp3) is 0.400. The minimum absolute atomic E-state index is 0.151. The number of hydrogen-bond acceptors (Lipinski definition) is 4. The number of imidazole rings is 1. The van der Waals surface area contributed by atoms with Crippen LogP contribution in [-0.2, 0) is 4.79 Å². The minimum Gasteiger partial charge on any atom is -0.480 e. The Kier molecular flexibility index (Phi) is 3.99. The van der Waals surface area contributed by atoms with E-state index < -0.39 is 12.0 Å². The minimum atomic E-state index is -0.928. The monoisotopic (exact) mass is 336 g/mol. The molecule has 3 heterocycles. The van der Waals surface area contributed by atoms with Gasteiger partial charge in [-0.1, -0.05) is 11.6 Å². The molecule has 1 amide bonds. The predicted molar refractivity (Wildman–Crippen MR) is 84.9 cm³/mol. The summed E-state index contributed by atoms with van der Waals surface area (Å²) >= 11 is 6.02. The van der Waals surface area contributed by atoms with Gasteiger partial charge in [0.05, 0.1) is 10.7 Å². The lowest BCUT2D eigenvalue weighted by molar-refractivity contribution is -0.144. The summed E-state index contributed by atoms with van der Waals surface area (Å²) in [5, 5.41) is 9.79. The van der Waals surface area contributed by atoms with Crippen LogP contribution in [0.2, 0.25) is 5.02 Å². The normalized spacial score (nSPS) is 19.3. The van der Waals surface area contributed by atoms with Crippen LogP contribution < -0.4 is 0 Å². The lowest BCUT2D eigenvalue weighted by atomic mass is 10.1.